The standard InChI is InChI=1S/C16H20N4/c17-16(18)13-19(14-7-3-1-4-8-14)11-12-20(16)15-9-5-2-6-10-15/h1-10H,11-13,17-18H2. The van der Waals surface area contributed by atoms with Gasteiger partial charge in [-0.3, -0.25) is 11.5 Å². The summed E-state index contributed by atoms with van der Waals surface area (Å²) in [6.45, 7) is 2.33. The van der Waals surface area contributed by atoms with E-state index in [4.69, 9.17) is 11.5 Å². The molecule has 0 saturated carbocycles. The lowest BCUT2D eigenvalue weighted by molar-refractivity contribution is 0.376. The zero-order valence-electron chi connectivity index (χ0n) is 11.4. The number of benzene rings is 2. The van der Waals surface area contributed by atoms with Crippen LogP contribution in [-0.4, -0.2) is 25.4 Å². The third-order valence-electron chi connectivity index (χ3n) is 3.73. The molecule has 4 N–H and O–H groups in total. The molecule has 104 valence electrons. The van der Waals surface area contributed by atoms with Crippen molar-refractivity contribution in [3.63, 3.8) is 0 Å². The average molecular weight is 268 g/mol. The second kappa shape index (κ2) is 5.15. The summed E-state index contributed by atoms with van der Waals surface area (Å²) >= 11 is 0. The molecule has 0 amide bonds. The highest BCUT2D eigenvalue weighted by molar-refractivity contribution is 5.53. The van der Waals surface area contributed by atoms with Crippen LogP contribution in [0.4, 0.5) is 11.4 Å². The minimum Gasteiger partial charge on any atom is -0.365 e. The van der Waals surface area contributed by atoms with E-state index in [0.717, 1.165) is 18.8 Å². The van der Waals surface area contributed by atoms with Crippen LogP contribution in [-0.2, 0) is 0 Å². The molecular weight excluding hydrogens is 248 g/mol. The Morgan fingerprint density at radius 1 is 0.750 bits per heavy atom. The lowest BCUT2D eigenvalue weighted by atomic mass is 10.1. The molecule has 0 atom stereocenters. The Labute approximate surface area is 119 Å². The molecule has 1 heterocycles. The number of para-hydroxylation sites is 2. The topological polar surface area (TPSA) is 58.5 Å². The zero-order chi connectivity index (χ0) is 14.0. The van der Waals surface area contributed by atoms with E-state index in [2.05, 4.69) is 21.9 Å². The molecule has 0 bridgehead atoms. The predicted molar refractivity (Wildman–Crippen MR) is 83.5 cm³/mol. The quantitative estimate of drug-likeness (QED) is 0.812. The first-order valence-corrected chi connectivity index (χ1v) is 6.87. The molecule has 20 heavy (non-hydrogen) atoms. The van der Waals surface area contributed by atoms with Crippen LogP contribution in [0.5, 0.6) is 0 Å². The molecule has 0 radical (unpaired) electrons. The first kappa shape index (κ1) is 13.0. The van der Waals surface area contributed by atoms with Gasteiger partial charge in [0.2, 0.25) is 0 Å². The Kier molecular flexibility index (Phi) is 3.34. The van der Waals surface area contributed by atoms with Crippen molar-refractivity contribution in [3.8, 4) is 0 Å². The summed E-state index contributed by atoms with van der Waals surface area (Å²) in [5, 5.41) is 0. The minimum atomic E-state index is -0.866. The monoisotopic (exact) mass is 268 g/mol. The highest BCUT2D eigenvalue weighted by Gasteiger charge is 2.35. The van der Waals surface area contributed by atoms with Gasteiger partial charge in [-0.1, -0.05) is 36.4 Å². The second-order valence-electron chi connectivity index (χ2n) is 5.24. The molecular formula is C16H20N4. The minimum absolute atomic E-state index is 0.603. The van der Waals surface area contributed by atoms with E-state index in [1.165, 1.54) is 5.69 Å². The fraction of sp³-hybridized carbons (Fsp3) is 0.250. The third kappa shape index (κ3) is 2.48. The van der Waals surface area contributed by atoms with Crippen molar-refractivity contribution in [3.05, 3.63) is 60.7 Å². The van der Waals surface area contributed by atoms with E-state index in [9.17, 15) is 0 Å². The molecule has 1 fully saturated rings. The molecule has 0 aromatic heterocycles. The number of piperazine rings is 1. The van der Waals surface area contributed by atoms with E-state index in [0.29, 0.717) is 6.54 Å². The molecule has 1 saturated heterocycles. The van der Waals surface area contributed by atoms with Gasteiger partial charge in [-0.2, -0.15) is 0 Å². The van der Waals surface area contributed by atoms with Crippen molar-refractivity contribution < 1.29 is 0 Å². The van der Waals surface area contributed by atoms with Crippen LogP contribution < -0.4 is 21.3 Å². The maximum absolute atomic E-state index is 6.34. The number of hydrogen-bond acceptors (Lipinski definition) is 4. The fourth-order valence-corrected chi connectivity index (χ4v) is 2.74. The highest BCUT2D eigenvalue weighted by atomic mass is 15.4. The largest absolute Gasteiger partial charge is 0.365 e. The highest BCUT2D eigenvalue weighted by Crippen LogP contribution is 2.24. The Hall–Kier alpha value is -2.04. The SMILES string of the molecule is NC1(N)CN(c2ccccc2)CCN1c1ccccc1. The van der Waals surface area contributed by atoms with Gasteiger partial charge >= 0.3 is 0 Å². The summed E-state index contributed by atoms with van der Waals surface area (Å²) in [6.07, 6.45) is 0. The van der Waals surface area contributed by atoms with Crippen molar-refractivity contribution in [2.24, 2.45) is 11.5 Å². The van der Waals surface area contributed by atoms with Gasteiger partial charge in [0.1, 0.15) is 0 Å². The molecule has 0 spiro atoms. The van der Waals surface area contributed by atoms with E-state index in [1.807, 2.05) is 48.5 Å². The van der Waals surface area contributed by atoms with E-state index >= 15 is 0 Å². The van der Waals surface area contributed by atoms with Gasteiger partial charge in [0, 0.05) is 24.5 Å². The van der Waals surface area contributed by atoms with Crippen molar-refractivity contribution >= 4 is 11.4 Å². The molecule has 2 aromatic carbocycles. The predicted octanol–water partition coefficient (Wildman–Crippen LogP) is 1.58. The number of hydrogen-bond donors (Lipinski definition) is 2. The van der Waals surface area contributed by atoms with Crippen LogP contribution in [0.3, 0.4) is 0 Å². The molecule has 1 aliphatic rings. The van der Waals surface area contributed by atoms with Gasteiger partial charge in [-0.05, 0) is 24.3 Å². The van der Waals surface area contributed by atoms with E-state index in [1.54, 1.807) is 0 Å². The molecule has 3 rings (SSSR count). The number of nitrogens with two attached hydrogens (primary N) is 2. The van der Waals surface area contributed by atoms with Gasteiger partial charge in [0.15, 0.2) is 5.79 Å². The second-order valence-corrected chi connectivity index (χ2v) is 5.24. The number of rotatable bonds is 2. The normalized spacial score (nSPS) is 18.1. The summed E-state index contributed by atoms with van der Waals surface area (Å²) in [5.74, 6) is -0.866. The zero-order valence-corrected chi connectivity index (χ0v) is 11.4. The summed E-state index contributed by atoms with van der Waals surface area (Å²) in [7, 11) is 0. The van der Waals surface area contributed by atoms with Crippen LogP contribution in [0.1, 0.15) is 0 Å². The number of anilines is 2. The molecule has 4 heteroatoms. The van der Waals surface area contributed by atoms with Crippen LogP contribution in [0.2, 0.25) is 0 Å². The van der Waals surface area contributed by atoms with Gasteiger partial charge < -0.3 is 9.80 Å². The molecule has 1 aliphatic heterocycles. The van der Waals surface area contributed by atoms with Gasteiger partial charge in [-0.25, -0.2) is 0 Å². The van der Waals surface area contributed by atoms with Crippen molar-refractivity contribution in [1.82, 2.24) is 0 Å². The van der Waals surface area contributed by atoms with Crippen LogP contribution in [0.15, 0.2) is 60.7 Å². The smallest absolute Gasteiger partial charge is 0.159 e. The van der Waals surface area contributed by atoms with Crippen molar-refractivity contribution in [2.45, 2.75) is 5.79 Å². The lowest BCUT2D eigenvalue weighted by Crippen LogP contribution is -2.73. The van der Waals surface area contributed by atoms with Gasteiger partial charge in [0.25, 0.3) is 0 Å². The fourth-order valence-electron chi connectivity index (χ4n) is 2.74. The lowest BCUT2D eigenvalue weighted by Gasteiger charge is -2.48. The van der Waals surface area contributed by atoms with Crippen molar-refractivity contribution in [1.29, 1.82) is 0 Å². The maximum atomic E-state index is 6.34. The third-order valence-corrected chi connectivity index (χ3v) is 3.73. The van der Waals surface area contributed by atoms with E-state index < -0.39 is 5.79 Å². The Balaban J connectivity index is 1.81. The van der Waals surface area contributed by atoms with Gasteiger partial charge in [0.05, 0.1) is 6.54 Å². The Morgan fingerprint density at radius 2 is 1.30 bits per heavy atom. The van der Waals surface area contributed by atoms with Gasteiger partial charge in [-0.15, -0.1) is 0 Å². The molecule has 2 aromatic rings. The maximum Gasteiger partial charge on any atom is 0.159 e. The van der Waals surface area contributed by atoms with Crippen molar-refractivity contribution in [2.75, 3.05) is 29.4 Å². The van der Waals surface area contributed by atoms with Crippen LogP contribution >= 0.6 is 0 Å². The Morgan fingerprint density at radius 3 is 1.85 bits per heavy atom. The molecule has 0 unspecified atom stereocenters. The van der Waals surface area contributed by atoms with Crippen LogP contribution in [0, 0.1) is 0 Å². The summed E-state index contributed by atoms with van der Waals surface area (Å²) in [5.41, 5.74) is 14.9. The Bertz CT molecular complexity index is 553. The summed E-state index contributed by atoms with van der Waals surface area (Å²) in [4.78, 5) is 4.31. The van der Waals surface area contributed by atoms with E-state index in [-0.39, 0.29) is 0 Å². The summed E-state index contributed by atoms with van der Waals surface area (Å²) in [6, 6.07) is 20.4. The number of nitrogens with zero attached hydrogens (tertiary/aromatic N) is 2. The van der Waals surface area contributed by atoms with Crippen LogP contribution in [0.25, 0.3) is 0 Å². The average Bonchev–Trinajstić information content (AvgIpc) is 2.48. The molecule has 0 aliphatic carbocycles. The summed E-state index contributed by atoms with van der Waals surface area (Å²) < 4.78 is 0. The first-order valence-electron chi connectivity index (χ1n) is 6.87. The first-order chi connectivity index (χ1) is 9.67. The molecule has 4 nitrogen and oxygen atoms in total.